The van der Waals surface area contributed by atoms with Crippen LogP contribution in [0.5, 0.6) is 0 Å². The zero-order chi connectivity index (χ0) is 8.97. The first-order valence-electron chi connectivity index (χ1n) is 4.23. The van der Waals surface area contributed by atoms with Crippen LogP contribution in [0.4, 0.5) is 0 Å². The minimum atomic E-state index is -0.194. The highest BCUT2D eigenvalue weighted by molar-refractivity contribution is 7.09. The highest BCUT2D eigenvalue weighted by Crippen LogP contribution is 2.22. The van der Waals surface area contributed by atoms with Crippen molar-refractivity contribution in [3.05, 3.63) is 0 Å². The van der Waals surface area contributed by atoms with Crippen LogP contribution in [-0.4, -0.2) is 25.0 Å². The Morgan fingerprint density at radius 2 is 2.25 bits per heavy atom. The third-order valence-corrected chi connectivity index (χ3v) is 2.45. The van der Waals surface area contributed by atoms with Gasteiger partial charge in [-0.2, -0.15) is 0 Å². The van der Waals surface area contributed by atoms with Gasteiger partial charge < -0.3 is 20.7 Å². The lowest BCUT2D eigenvalue weighted by Gasteiger charge is -2.32. The van der Waals surface area contributed by atoms with E-state index in [4.69, 9.17) is 20.7 Å². The molecule has 0 aromatic carbocycles. The van der Waals surface area contributed by atoms with Gasteiger partial charge in [0, 0.05) is 22.3 Å². The third-order valence-electron chi connectivity index (χ3n) is 2.07. The van der Waals surface area contributed by atoms with E-state index in [2.05, 4.69) is 9.47 Å². The standard InChI is InChI=1S/C7H17N2O2P/c8-2-1-5-3-6(11-12)4-7(9)10-5/h5-7H,1-4,8-9,12H2. The molecule has 0 saturated carbocycles. The lowest BCUT2D eigenvalue weighted by Crippen LogP contribution is -2.41. The summed E-state index contributed by atoms with van der Waals surface area (Å²) in [6.07, 6.45) is 2.71. The monoisotopic (exact) mass is 192 g/mol. The summed E-state index contributed by atoms with van der Waals surface area (Å²) in [6.45, 7) is 0.640. The van der Waals surface area contributed by atoms with Crippen LogP contribution in [0.1, 0.15) is 19.3 Å². The Bertz CT molecular complexity index is 137. The topological polar surface area (TPSA) is 70.5 Å². The molecule has 72 valence electrons. The van der Waals surface area contributed by atoms with Crippen LogP contribution in [0.25, 0.3) is 0 Å². The smallest absolute Gasteiger partial charge is 0.108 e. The molecule has 0 spiro atoms. The molecule has 0 amide bonds. The van der Waals surface area contributed by atoms with E-state index in [1.54, 1.807) is 0 Å². The van der Waals surface area contributed by atoms with E-state index >= 15 is 0 Å². The number of ether oxygens (including phenoxy) is 1. The molecule has 1 aliphatic rings. The van der Waals surface area contributed by atoms with Gasteiger partial charge in [-0.25, -0.2) is 0 Å². The summed E-state index contributed by atoms with van der Waals surface area (Å²) < 4.78 is 10.6. The van der Waals surface area contributed by atoms with Gasteiger partial charge in [0.05, 0.1) is 12.2 Å². The summed E-state index contributed by atoms with van der Waals surface area (Å²) in [5, 5.41) is 0. The summed E-state index contributed by atoms with van der Waals surface area (Å²) in [7, 11) is 2.27. The molecule has 0 aromatic heterocycles. The molecule has 4 atom stereocenters. The molecule has 5 heteroatoms. The van der Waals surface area contributed by atoms with Crippen molar-refractivity contribution in [1.82, 2.24) is 0 Å². The van der Waals surface area contributed by atoms with Crippen molar-refractivity contribution in [3.8, 4) is 0 Å². The Hall–Kier alpha value is 0.270. The van der Waals surface area contributed by atoms with Gasteiger partial charge in [0.15, 0.2) is 0 Å². The van der Waals surface area contributed by atoms with E-state index in [1.165, 1.54) is 0 Å². The van der Waals surface area contributed by atoms with Crippen molar-refractivity contribution in [2.45, 2.75) is 37.7 Å². The zero-order valence-corrected chi connectivity index (χ0v) is 8.26. The van der Waals surface area contributed by atoms with Crippen molar-refractivity contribution >= 4 is 9.47 Å². The van der Waals surface area contributed by atoms with Gasteiger partial charge in [0.25, 0.3) is 0 Å². The summed E-state index contributed by atoms with van der Waals surface area (Å²) >= 11 is 0. The molecule has 0 bridgehead atoms. The Balaban J connectivity index is 2.34. The predicted molar refractivity (Wildman–Crippen MR) is 50.3 cm³/mol. The van der Waals surface area contributed by atoms with Crippen molar-refractivity contribution in [2.24, 2.45) is 11.5 Å². The van der Waals surface area contributed by atoms with E-state index in [-0.39, 0.29) is 18.4 Å². The van der Waals surface area contributed by atoms with Crippen molar-refractivity contribution in [1.29, 1.82) is 0 Å². The number of hydrogen-bond acceptors (Lipinski definition) is 4. The summed E-state index contributed by atoms with van der Waals surface area (Å²) in [6, 6.07) is 0. The normalized spacial score (nSPS) is 36.8. The van der Waals surface area contributed by atoms with Crippen LogP contribution in [0.2, 0.25) is 0 Å². The second-order valence-corrected chi connectivity index (χ2v) is 3.38. The third kappa shape index (κ3) is 2.96. The van der Waals surface area contributed by atoms with E-state index < -0.39 is 0 Å². The molecule has 1 saturated heterocycles. The number of hydrogen-bond donors (Lipinski definition) is 2. The first kappa shape index (κ1) is 10.4. The van der Waals surface area contributed by atoms with Gasteiger partial charge in [0.1, 0.15) is 6.23 Å². The molecule has 0 radical (unpaired) electrons. The minimum Gasteiger partial charge on any atom is -0.362 e. The number of rotatable bonds is 3. The van der Waals surface area contributed by atoms with Crippen LogP contribution in [0, 0.1) is 0 Å². The lowest BCUT2D eigenvalue weighted by molar-refractivity contribution is -0.0842. The Labute approximate surface area is 75.2 Å². The van der Waals surface area contributed by atoms with E-state index in [9.17, 15) is 0 Å². The molecule has 4 unspecified atom stereocenters. The van der Waals surface area contributed by atoms with Crippen LogP contribution < -0.4 is 11.5 Å². The SMILES string of the molecule is NCCC1CC(OP)CC(N)O1. The first-order chi connectivity index (χ1) is 5.76. The van der Waals surface area contributed by atoms with E-state index in [0.29, 0.717) is 6.54 Å². The predicted octanol–water partition coefficient (Wildman–Crippen LogP) is -0.0257. The Kier molecular flexibility index (Phi) is 4.40. The molecule has 4 N–H and O–H groups in total. The van der Waals surface area contributed by atoms with Gasteiger partial charge in [-0.05, 0) is 13.0 Å². The summed E-state index contributed by atoms with van der Waals surface area (Å²) in [5.41, 5.74) is 11.1. The summed E-state index contributed by atoms with van der Waals surface area (Å²) in [4.78, 5) is 0. The highest BCUT2D eigenvalue weighted by Gasteiger charge is 2.26. The molecule has 1 fully saturated rings. The first-order valence-corrected chi connectivity index (χ1v) is 4.70. The van der Waals surface area contributed by atoms with Gasteiger partial charge in [-0.3, -0.25) is 0 Å². The maximum atomic E-state index is 5.67. The average molecular weight is 192 g/mol. The van der Waals surface area contributed by atoms with Gasteiger partial charge in [-0.15, -0.1) is 0 Å². The van der Waals surface area contributed by atoms with E-state index in [1.807, 2.05) is 0 Å². The van der Waals surface area contributed by atoms with Gasteiger partial charge in [-0.1, -0.05) is 0 Å². The van der Waals surface area contributed by atoms with Crippen molar-refractivity contribution in [2.75, 3.05) is 6.54 Å². The maximum absolute atomic E-state index is 5.67. The fourth-order valence-electron chi connectivity index (χ4n) is 1.49. The van der Waals surface area contributed by atoms with E-state index in [0.717, 1.165) is 19.3 Å². The quantitative estimate of drug-likeness (QED) is 0.616. The van der Waals surface area contributed by atoms with Crippen LogP contribution in [0.3, 0.4) is 0 Å². The molecule has 12 heavy (non-hydrogen) atoms. The highest BCUT2D eigenvalue weighted by atomic mass is 31.0. The fourth-order valence-corrected chi connectivity index (χ4v) is 1.71. The van der Waals surface area contributed by atoms with Crippen molar-refractivity contribution < 1.29 is 9.26 Å². The number of nitrogens with two attached hydrogens (primary N) is 2. The molecule has 0 aliphatic carbocycles. The summed E-state index contributed by atoms with van der Waals surface area (Å²) in [5.74, 6) is 0. The van der Waals surface area contributed by atoms with Crippen molar-refractivity contribution in [3.63, 3.8) is 0 Å². The fraction of sp³-hybridized carbons (Fsp3) is 1.00. The zero-order valence-electron chi connectivity index (χ0n) is 7.11. The average Bonchev–Trinajstić information content (AvgIpc) is 2.04. The second-order valence-electron chi connectivity index (χ2n) is 3.10. The minimum absolute atomic E-state index is 0.171. The van der Waals surface area contributed by atoms with Gasteiger partial charge in [0.2, 0.25) is 0 Å². The van der Waals surface area contributed by atoms with Gasteiger partial charge >= 0.3 is 0 Å². The van der Waals surface area contributed by atoms with Crippen LogP contribution >= 0.6 is 9.47 Å². The second kappa shape index (κ2) is 5.10. The Morgan fingerprint density at radius 3 is 2.83 bits per heavy atom. The Morgan fingerprint density at radius 1 is 1.50 bits per heavy atom. The maximum Gasteiger partial charge on any atom is 0.108 e. The molecular formula is C7H17N2O2P. The lowest BCUT2D eigenvalue weighted by atomic mass is 10.0. The molecule has 0 aromatic rings. The van der Waals surface area contributed by atoms with Crippen LogP contribution in [-0.2, 0) is 9.26 Å². The molecule has 1 rings (SSSR count). The van der Waals surface area contributed by atoms with Crippen LogP contribution in [0.15, 0.2) is 0 Å². The molecular weight excluding hydrogens is 175 g/mol. The molecule has 1 aliphatic heterocycles. The largest absolute Gasteiger partial charge is 0.362 e. The molecule has 4 nitrogen and oxygen atoms in total. The molecule has 1 heterocycles.